The Balaban J connectivity index is 1.44. The summed E-state index contributed by atoms with van der Waals surface area (Å²) in [4.78, 5) is 41.2. The molecule has 7 heteroatoms. The van der Waals surface area contributed by atoms with Crippen molar-refractivity contribution in [1.29, 1.82) is 0 Å². The van der Waals surface area contributed by atoms with Crippen LogP contribution in [0.4, 0.5) is 0 Å². The van der Waals surface area contributed by atoms with E-state index in [1.807, 2.05) is 54.8 Å². The predicted molar refractivity (Wildman–Crippen MR) is 112 cm³/mol. The number of carbonyl (C=O) groups excluding carboxylic acids is 3. The lowest BCUT2D eigenvalue weighted by Gasteiger charge is -2.31. The molecule has 0 radical (unpaired) electrons. The van der Waals surface area contributed by atoms with Crippen molar-refractivity contribution in [2.75, 3.05) is 26.7 Å². The molecule has 1 atom stereocenters. The quantitative estimate of drug-likeness (QED) is 0.680. The molecule has 2 heterocycles. The molecule has 3 rings (SSSR count). The van der Waals surface area contributed by atoms with Gasteiger partial charge in [-0.3, -0.25) is 14.4 Å². The van der Waals surface area contributed by atoms with Gasteiger partial charge in [0.2, 0.25) is 0 Å². The average molecular weight is 415 g/mol. The normalized spacial score (nSPS) is 15.6. The summed E-state index contributed by atoms with van der Waals surface area (Å²) < 4.78 is 5.29. The molecule has 1 aromatic heterocycles. The van der Waals surface area contributed by atoms with Gasteiger partial charge in [0, 0.05) is 20.1 Å². The van der Waals surface area contributed by atoms with Crippen LogP contribution in [0.25, 0.3) is 0 Å². The fraction of sp³-hybridized carbons (Fsp3) is 0.409. The van der Waals surface area contributed by atoms with E-state index in [-0.39, 0.29) is 36.4 Å². The molecular formula is C22H26N2O4S. The summed E-state index contributed by atoms with van der Waals surface area (Å²) in [6.45, 7) is 2.72. The van der Waals surface area contributed by atoms with Crippen molar-refractivity contribution in [1.82, 2.24) is 9.80 Å². The lowest BCUT2D eigenvalue weighted by Crippen LogP contribution is -2.41. The number of likely N-dealkylation sites (tertiary alicyclic amines) is 1. The van der Waals surface area contributed by atoms with Crippen LogP contribution >= 0.6 is 11.3 Å². The summed E-state index contributed by atoms with van der Waals surface area (Å²) >= 11 is 1.42. The van der Waals surface area contributed by atoms with Gasteiger partial charge in [0.1, 0.15) is 0 Å². The monoisotopic (exact) mass is 414 g/mol. The Kier molecular flexibility index (Phi) is 7.04. The van der Waals surface area contributed by atoms with Crippen molar-refractivity contribution in [2.45, 2.75) is 25.8 Å². The molecule has 1 saturated heterocycles. The summed E-state index contributed by atoms with van der Waals surface area (Å²) in [5.41, 5.74) is 1.03. The van der Waals surface area contributed by atoms with Crippen molar-refractivity contribution >= 4 is 29.1 Å². The zero-order valence-electron chi connectivity index (χ0n) is 16.7. The molecule has 0 unspecified atom stereocenters. The summed E-state index contributed by atoms with van der Waals surface area (Å²) in [5.74, 6) is -0.854. The second-order valence-electron chi connectivity index (χ2n) is 7.24. The van der Waals surface area contributed by atoms with Crippen LogP contribution in [-0.4, -0.2) is 54.3 Å². The molecule has 6 nitrogen and oxygen atoms in total. The van der Waals surface area contributed by atoms with Crippen LogP contribution in [0.1, 0.15) is 41.0 Å². The highest BCUT2D eigenvalue weighted by Gasteiger charge is 2.30. The molecule has 154 valence electrons. The van der Waals surface area contributed by atoms with Gasteiger partial charge in [-0.15, -0.1) is 11.3 Å². The zero-order chi connectivity index (χ0) is 20.8. The van der Waals surface area contributed by atoms with Gasteiger partial charge in [-0.1, -0.05) is 36.4 Å². The fourth-order valence-corrected chi connectivity index (χ4v) is 4.09. The Bertz CT molecular complexity index is 830. The Morgan fingerprint density at radius 3 is 2.45 bits per heavy atom. The molecular weight excluding hydrogens is 388 g/mol. The summed E-state index contributed by atoms with van der Waals surface area (Å²) in [5, 5.41) is 1.88. The number of rotatable bonds is 6. The standard InChI is InChI=1S/C22H26N2O4S/c1-16(17-7-4-3-5-8-17)23(2)20(25)15-28-22(27)18-10-12-24(13-11-18)21(26)19-9-6-14-29-19/h3-9,14,16,18H,10-13,15H2,1-2H3/t16-/m0/s1. The van der Waals surface area contributed by atoms with E-state index in [1.54, 1.807) is 16.8 Å². The number of esters is 1. The maximum atomic E-state index is 12.4. The van der Waals surface area contributed by atoms with E-state index in [0.717, 1.165) is 5.56 Å². The molecule has 0 saturated carbocycles. The van der Waals surface area contributed by atoms with Crippen LogP contribution in [-0.2, 0) is 14.3 Å². The largest absolute Gasteiger partial charge is 0.455 e. The Labute approximate surface area is 175 Å². The maximum absolute atomic E-state index is 12.4. The van der Waals surface area contributed by atoms with E-state index in [9.17, 15) is 14.4 Å². The SMILES string of the molecule is C[C@@H](c1ccccc1)N(C)C(=O)COC(=O)C1CCN(C(=O)c2cccs2)CC1. The van der Waals surface area contributed by atoms with E-state index in [4.69, 9.17) is 4.74 Å². The molecule has 0 N–H and O–H groups in total. The third kappa shape index (κ3) is 5.23. The molecule has 1 aliphatic rings. The molecule has 1 aliphatic heterocycles. The predicted octanol–water partition coefficient (Wildman–Crippen LogP) is 3.36. The highest BCUT2D eigenvalue weighted by atomic mass is 32.1. The highest BCUT2D eigenvalue weighted by molar-refractivity contribution is 7.12. The van der Waals surface area contributed by atoms with E-state index in [2.05, 4.69) is 0 Å². The number of thiophene rings is 1. The van der Waals surface area contributed by atoms with Crippen LogP contribution in [0.2, 0.25) is 0 Å². The van der Waals surface area contributed by atoms with Crippen LogP contribution < -0.4 is 0 Å². The summed E-state index contributed by atoms with van der Waals surface area (Å²) in [7, 11) is 1.71. The highest BCUT2D eigenvalue weighted by Crippen LogP contribution is 2.22. The minimum Gasteiger partial charge on any atom is -0.455 e. The third-order valence-corrected chi connectivity index (χ3v) is 6.30. The fourth-order valence-electron chi connectivity index (χ4n) is 3.40. The van der Waals surface area contributed by atoms with Crippen molar-refractivity contribution in [3.8, 4) is 0 Å². The van der Waals surface area contributed by atoms with Crippen LogP contribution in [0.5, 0.6) is 0 Å². The molecule has 29 heavy (non-hydrogen) atoms. The number of ether oxygens (including phenoxy) is 1. The first-order valence-corrected chi connectivity index (χ1v) is 10.7. The lowest BCUT2D eigenvalue weighted by atomic mass is 9.97. The molecule has 0 bridgehead atoms. The topological polar surface area (TPSA) is 66.9 Å². The zero-order valence-corrected chi connectivity index (χ0v) is 17.6. The summed E-state index contributed by atoms with van der Waals surface area (Å²) in [6, 6.07) is 13.3. The molecule has 2 amide bonds. The molecule has 0 spiro atoms. The number of carbonyl (C=O) groups is 3. The van der Waals surface area contributed by atoms with Gasteiger partial charge in [0.05, 0.1) is 16.8 Å². The van der Waals surface area contributed by atoms with Crippen molar-refractivity contribution in [3.63, 3.8) is 0 Å². The van der Waals surface area contributed by atoms with Gasteiger partial charge in [-0.25, -0.2) is 0 Å². The van der Waals surface area contributed by atoms with Gasteiger partial charge < -0.3 is 14.5 Å². The van der Waals surface area contributed by atoms with E-state index >= 15 is 0 Å². The number of nitrogens with zero attached hydrogens (tertiary/aromatic N) is 2. The van der Waals surface area contributed by atoms with Crippen LogP contribution in [0, 0.1) is 5.92 Å². The maximum Gasteiger partial charge on any atom is 0.309 e. The van der Waals surface area contributed by atoms with Gasteiger partial charge >= 0.3 is 5.97 Å². The van der Waals surface area contributed by atoms with Crippen LogP contribution in [0.3, 0.4) is 0 Å². The number of amides is 2. The van der Waals surface area contributed by atoms with Crippen LogP contribution in [0.15, 0.2) is 47.8 Å². The molecule has 1 fully saturated rings. The van der Waals surface area contributed by atoms with E-state index in [1.165, 1.54) is 11.3 Å². The number of hydrogen-bond acceptors (Lipinski definition) is 5. The second kappa shape index (κ2) is 9.69. The smallest absolute Gasteiger partial charge is 0.309 e. The first-order chi connectivity index (χ1) is 14.0. The molecule has 0 aliphatic carbocycles. The molecule has 2 aromatic rings. The first-order valence-electron chi connectivity index (χ1n) is 9.77. The van der Waals surface area contributed by atoms with Gasteiger partial charge in [0.15, 0.2) is 6.61 Å². The third-order valence-electron chi connectivity index (χ3n) is 5.44. The molecule has 1 aromatic carbocycles. The Hall–Kier alpha value is -2.67. The lowest BCUT2D eigenvalue weighted by molar-refractivity contribution is -0.156. The second-order valence-corrected chi connectivity index (χ2v) is 8.19. The average Bonchev–Trinajstić information content (AvgIpc) is 3.31. The van der Waals surface area contributed by atoms with Crippen molar-refractivity contribution in [2.24, 2.45) is 5.92 Å². The number of piperidine rings is 1. The van der Waals surface area contributed by atoms with Gasteiger partial charge in [0.25, 0.3) is 11.8 Å². The van der Waals surface area contributed by atoms with Crippen molar-refractivity contribution < 1.29 is 19.1 Å². The van der Waals surface area contributed by atoms with E-state index in [0.29, 0.717) is 30.8 Å². The van der Waals surface area contributed by atoms with Gasteiger partial charge in [-0.05, 0) is 36.8 Å². The van der Waals surface area contributed by atoms with Crippen molar-refractivity contribution in [3.05, 3.63) is 58.3 Å². The Morgan fingerprint density at radius 2 is 1.83 bits per heavy atom. The Morgan fingerprint density at radius 1 is 1.14 bits per heavy atom. The summed E-state index contributed by atoms with van der Waals surface area (Å²) in [6.07, 6.45) is 1.11. The number of likely N-dealkylation sites (N-methyl/N-ethyl adjacent to an activating group) is 1. The van der Waals surface area contributed by atoms with Gasteiger partial charge in [-0.2, -0.15) is 0 Å². The first kappa shape index (κ1) is 21.0. The number of hydrogen-bond donors (Lipinski definition) is 0. The minimum absolute atomic E-state index is 0.0125. The number of benzene rings is 1. The van der Waals surface area contributed by atoms with E-state index < -0.39 is 0 Å². The minimum atomic E-state index is -0.359.